The van der Waals surface area contributed by atoms with Crippen molar-refractivity contribution >= 4 is 0 Å². The van der Waals surface area contributed by atoms with E-state index >= 15 is 0 Å². The maximum absolute atomic E-state index is 2.62. The Bertz CT molecular complexity index is 178. The lowest BCUT2D eigenvalue weighted by molar-refractivity contribution is 0.134. The Labute approximate surface area is 143 Å². The summed E-state index contributed by atoms with van der Waals surface area (Å²) in [5.74, 6) is 0.831. The lowest BCUT2D eigenvalue weighted by atomic mass is 10.1. The number of rotatable bonds is 6. The molecule has 1 unspecified atom stereocenters. The van der Waals surface area contributed by atoms with Crippen LogP contribution in [0.15, 0.2) is 0 Å². The van der Waals surface area contributed by atoms with E-state index in [9.17, 15) is 0 Å². The summed E-state index contributed by atoms with van der Waals surface area (Å²) in [7, 11) is 4.43. The number of piperazine rings is 1. The summed E-state index contributed by atoms with van der Waals surface area (Å²) < 4.78 is 0. The van der Waals surface area contributed by atoms with Crippen LogP contribution in [0, 0.1) is 5.92 Å². The van der Waals surface area contributed by atoms with Crippen LogP contribution in [0.2, 0.25) is 0 Å². The molecule has 0 aromatic rings. The molecule has 1 saturated heterocycles. The van der Waals surface area contributed by atoms with Crippen molar-refractivity contribution < 1.29 is 0 Å². The fourth-order valence-corrected chi connectivity index (χ4v) is 2.16. The fraction of sp³-hybridized carbons (Fsp3) is 1.00. The molecule has 0 spiro atoms. The van der Waals surface area contributed by atoms with E-state index < -0.39 is 0 Å². The van der Waals surface area contributed by atoms with E-state index in [2.05, 4.69) is 42.6 Å². The summed E-state index contributed by atoms with van der Waals surface area (Å²) in [6.45, 7) is 25.3. The van der Waals surface area contributed by atoms with Gasteiger partial charge in [-0.3, -0.25) is 0 Å². The predicted molar refractivity (Wildman–Crippen MR) is 105 cm³/mol. The van der Waals surface area contributed by atoms with Crippen LogP contribution < -0.4 is 0 Å². The quantitative estimate of drug-likeness (QED) is 0.723. The molecule has 138 valence electrons. The summed E-state index contributed by atoms with van der Waals surface area (Å²) in [5, 5.41) is 0. The first-order valence-electron chi connectivity index (χ1n) is 9.71. The average molecular weight is 318 g/mol. The minimum atomic E-state index is 0.831. The first-order valence-corrected chi connectivity index (χ1v) is 9.71. The molecule has 0 saturated carbocycles. The van der Waals surface area contributed by atoms with Gasteiger partial charge in [-0.2, -0.15) is 0 Å². The van der Waals surface area contributed by atoms with Crippen molar-refractivity contribution in [1.82, 2.24) is 14.7 Å². The molecule has 0 N–H and O–H groups in total. The van der Waals surface area contributed by atoms with E-state index in [0.29, 0.717) is 0 Å². The standard InChI is InChI=1S/C13H29N3.3C2H6/c1-5-14(3)7-6-13(2)12-16-10-8-15(4)9-11-16;3*1-2/h13H,5-12H2,1-4H3;3*1-2H3. The Morgan fingerprint density at radius 2 is 1.36 bits per heavy atom. The van der Waals surface area contributed by atoms with Crippen LogP contribution in [0.5, 0.6) is 0 Å². The molecule has 0 aromatic heterocycles. The Hall–Kier alpha value is -0.120. The maximum atomic E-state index is 2.62. The van der Waals surface area contributed by atoms with Crippen molar-refractivity contribution in [2.45, 2.75) is 61.8 Å². The largest absolute Gasteiger partial charge is 0.307 e. The molecule has 1 atom stereocenters. The van der Waals surface area contributed by atoms with Gasteiger partial charge in [0.2, 0.25) is 0 Å². The van der Waals surface area contributed by atoms with Gasteiger partial charge in [0, 0.05) is 32.7 Å². The molecule has 0 aromatic carbocycles. The lowest BCUT2D eigenvalue weighted by Crippen LogP contribution is -2.46. The van der Waals surface area contributed by atoms with Gasteiger partial charge in [-0.05, 0) is 39.5 Å². The summed E-state index contributed by atoms with van der Waals surface area (Å²) in [4.78, 5) is 7.45. The highest BCUT2D eigenvalue weighted by molar-refractivity contribution is 4.71. The normalized spacial score (nSPS) is 16.5. The van der Waals surface area contributed by atoms with Gasteiger partial charge in [0.1, 0.15) is 0 Å². The van der Waals surface area contributed by atoms with Gasteiger partial charge in [0.05, 0.1) is 0 Å². The first kappa shape index (κ1) is 26.8. The molecule has 0 radical (unpaired) electrons. The van der Waals surface area contributed by atoms with E-state index in [1.807, 2.05) is 41.5 Å². The van der Waals surface area contributed by atoms with Crippen LogP contribution in [0.4, 0.5) is 0 Å². The molecule has 1 rings (SSSR count). The van der Waals surface area contributed by atoms with E-state index in [0.717, 1.165) is 5.92 Å². The van der Waals surface area contributed by atoms with Gasteiger partial charge < -0.3 is 14.7 Å². The monoisotopic (exact) mass is 317 g/mol. The molecule has 1 heterocycles. The molecule has 0 amide bonds. The van der Waals surface area contributed by atoms with Crippen molar-refractivity contribution in [2.24, 2.45) is 5.92 Å². The molecular weight excluding hydrogens is 270 g/mol. The van der Waals surface area contributed by atoms with Crippen molar-refractivity contribution in [1.29, 1.82) is 0 Å². The lowest BCUT2D eigenvalue weighted by Gasteiger charge is -2.34. The SMILES string of the molecule is CC.CC.CC.CCN(C)CCC(C)CN1CCN(C)CC1. The van der Waals surface area contributed by atoms with Crippen molar-refractivity contribution in [2.75, 3.05) is 59.9 Å². The van der Waals surface area contributed by atoms with Crippen molar-refractivity contribution in [3.63, 3.8) is 0 Å². The Balaban J connectivity index is -0.000000535. The third-order valence-corrected chi connectivity index (χ3v) is 3.71. The van der Waals surface area contributed by atoms with Crippen LogP contribution in [0.25, 0.3) is 0 Å². The van der Waals surface area contributed by atoms with Gasteiger partial charge in [0.15, 0.2) is 0 Å². The summed E-state index contributed by atoms with van der Waals surface area (Å²) in [6, 6.07) is 0. The molecule has 1 aliphatic rings. The predicted octanol–water partition coefficient (Wildman–Crippen LogP) is 4.29. The second kappa shape index (κ2) is 20.9. The Kier molecular flexibility index (Phi) is 25.4. The minimum absolute atomic E-state index is 0.831. The van der Waals surface area contributed by atoms with Gasteiger partial charge in [-0.25, -0.2) is 0 Å². The van der Waals surface area contributed by atoms with Crippen LogP contribution in [-0.4, -0.2) is 74.6 Å². The highest BCUT2D eigenvalue weighted by Crippen LogP contribution is 2.08. The number of hydrogen-bond acceptors (Lipinski definition) is 3. The molecule has 0 bridgehead atoms. The summed E-state index contributed by atoms with van der Waals surface area (Å²) in [6.07, 6.45) is 1.33. The van der Waals surface area contributed by atoms with E-state index in [1.165, 1.54) is 52.2 Å². The van der Waals surface area contributed by atoms with Gasteiger partial charge in [0.25, 0.3) is 0 Å². The first-order chi connectivity index (χ1) is 10.6. The number of nitrogens with zero attached hydrogens (tertiary/aromatic N) is 3. The summed E-state index contributed by atoms with van der Waals surface area (Å²) >= 11 is 0. The zero-order valence-corrected chi connectivity index (χ0v) is 17.6. The molecule has 3 heteroatoms. The van der Waals surface area contributed by atoms with E-state index in [1.54, 1.807) is 0 Å². The van der Waals surface area contributed by atoms with E-state index in [4.69, 9.17) is 0 Å². The van der Waals surface area contributed by atoms with Crippen LogP contribution in [0.3, 0.4) is 0 Å². The fourth-order valence-electron chi connectivity index (χ4n) is 2.16. The third kappa shape index (κ3) is 16.3. The Morgan fingerprint density at radius 1 is 0.909 bits per heavy atom. The van der Waals surface area contributed by atoms with Gasteiger partial charge >= 0.3 is 0 Å². The number of likely N-dealkylation sites (N-methyl/N-ethyl adjacent to an activating group) is 1. The molecular formula is C19H47N3. The second-order valence-corrected chi connectivity index (χ2v) is 5.39. The molecule has 1 aliphatic heterocycles. The molecule has 0 aliphatic carbocycles. The van der Waals surface area contributed by atoms with Crippen LogP contribution in [0.1, 0.15) is 61.8 Å². The maximum Gasteiger partial charge on any atom is 0.0110 e. The third-order valence-electron chi connectivity index (χ3n) is 3.71. The van der Waals surface area contributed by atoms with Crippen molar-refractivity contribution in [3.05, 3.63) is 0 Å². The van der Waals surface area contributed by atoms with Gasteiger partial charge in [-0.15, -0.1) is 0 Å². The van der Waals surface area contributed by atoms with Crippen LogP contribution in [-0.2, 0) is 0 Å². The minimum Gasteiger partial charge on any atom is -0.307 e. The topological polar surface area (TPSA) is 9.72 Å². The number of hydrogen-bond donors (Lipinski definition) is 0. The zero-order valence-electron chi connectivity index (χ0n) is 17.6. The smallest absolute Gasteiger partial charge is 0.0110 e. The second-order valence-electron chi connectivity index (χ2n) is 5.39. The Morgan fingerprint density at radius 3 is 1.77 bits per heavy atom. The average Bonchev–Trinajstić information content (AvgIpc) is 2.60. The molecule has 22 heavy (non-hydrogen) atoms. The van der Waals surface area contributed by atoms with E-state index in [-0.39, 0.29) is 0 Å². The molecule has 1 fully saturated rings. The van der Waals surface area contributed by atoms with Crippen molar-refractivity contribution in [3.8, 4) is 0 Å². The highest BCUT2D eigenvalue weighted by Gasteiger charge is 2.15. The zero-order chi connectivity index (χ0) is 18.0. The summed E-state index contributed by atoms with van der Waals surface area (Å²) in [5.41, 5.74) is 0. The highest BCUT2D eigenvalue weighted by atomic mass is 15.2. The van der Waals surface area contributed by atoms with Gasteiger partial charge in [-0.1, -0.05) is 55.4 Å². The van der Waals surface area contributed by atoms with Crippen LogP contribution >= 0.6 is 0 Å². The molecule has 3 nitrogen and oxygen atoms in total.